The van der Waals surface area contributed by atoms with E-state index in [1.165, 1.54) is 0 Å². The average molecular weight is 249 g/mol. The summed E-state index contributed by atoms with van der Waals surface area (Å²) in [4.78, 5) is 22.4. The van der Waals surface area contributed by atoms with Gasteiger partial charge in [-0.1, -0.05) is 6.07 Å². The molecule has 86 valence electrons. The lowest BCUT2D eigenvalue weighted by atomic mass is 10.1. The van der Waals surface area contributed by atoms with Crippen LogP contribution in [0.2, 0.25) is 0 Å². The van der Waals surface area contributed by atoms with Crippen LogP contribution in [0.25, 0.3) is 6.08 Å². The molecule has 0 radical (unpaired) electrons. The highest BCUT2D eigenvalue weighted by molar-refractivity contribution is 8.27. The van der Waals surface area contributed by atoms with Crippen molar-refractivity contribution in [3.63, 3.8) is 0 Å². The van der Waals surface area contributed by atoms with Crippen molar-refractivity contribution in [2.45, 2.75) is 0 Å². The molecule has 2 aliphatic heterocycles. The van der Waals surface area contributed by atoms with Gasteiger partial charge in [0, 0.05) is 11.8 Å². The predicted molar refractivity (Wildman–Crippen MR) is 61.7 cm³/mol. The van der Waals surface area contributed by atoms with Gasteiger partial charge in [0.05, 0.1) is 5.70 Å². The van der Waals surface area contributed by atoms with Gasteiger partial charge in [0.1, 0.15) is 0 Å². The molecule has 5 nitrogen and oxygen atoms in total. The van der Waals surface area contributed by atoms with Gasteiger partial charge in [-0.3, -0.25) is 9.59 Å². The monoisotopic (exact) mass is 249 g/mol. The van der Waals surface area contributed by atoms with Crippen LogP contribution in [0.5, 0.6) is 11.5 Å². The van der Waals surface area contributed by atoms with Crippen LogP contribution in [0, 0.1) is 0 Å². The van der Waals surface area contributed by atoms with E-state index >= 15 is 0 Å². The second-order valence-electron chi connectivity index (χ2n) is 3.47. The number of hydrogen-bond acceptors (Lipinski definition) is 5. The summed E-state index contributed by atoms with van der Waals surface area (Å²) in [6, 6.07) is 5.32. The highest BCUT2D eigenvalue weighted by Gasteiger charge is 2.25. The lowest BCUT2D eigenvalue weighted by Gasteiger charge is -1.99. The topological polar surface area (TPSA) is 64.6 Å². The molecular formula is C11H7NO4S. The molecule has 0 aliphatic carbocycles. The van der Waals surface area contributed by atoms with Crippen molar-refractivity contribution in [3.8, 4) is 11.5 Å². The van der Waals surface area contributed by atoms with Crippen molar-refractivity contribution in [2.24, 2.45) is 0 Å². The van der Waals surface area contributed by atoms with Crippen LogP contribution >= 0.6 is 11.8 Å². The second-order valence-corrected chi connectivity index (χ2v) is 4.42. The number of hydrogen-bond donors (Lipinski definition) is 1. The number of amides is 1. The van der Waals surface area contributed by atoms with Gasteiger partial charge in [-0.25, -0.2) is 0 Å². The van der Waals surface area contributed by atoms with E-state index in [-0.39, 0.29) is 17.1 Å². The minimum Gasteiger partial charge on any atom is -0.454 e. The summed E-state index contributed by atoms with van der Waals surface area (Å²) in [5.41, 5.74) is 1.07. The third kappa shape index (κ3) is 1.87. The first-order chi connectivity index (χ1) is 8.22. The Bertz CT molecular complexity index is 552. The van der Waals surface area contributed by atoms with Crippen molar-refractivity contribution in [2.75, 3.05) is 6.79 Å². The summed E-state index contributed by atoms with van der Waals surface area (Å²) in [5.74, 6) is 1.33. The molecule has 0 spiro atoms. The summed E-state index contributed by atoms with van der Waals surface area (Å²) in [5, 5.41) is 1.87. The molecule has 17 heavy (non-hydrogen) atoms. The molecule has 1 N–H and O–H groups in total. The highest BCUT2D eigenvalue weighted by Crippen LogP contribution is 2.33. The van der Waals surface area contributed by atoms with Gasteiger partial charge in [-0.05, 0) is 23.8 Å². The van der Waals surface area contributed by atoms with Gasteiger partial charge in [0.2, 0.25) is 11.9 Å². The summed E-state index contributed by atoms with van der Waals surface area (Å²) < 4.78 is 10.4. The van der Waals surface area contributed by atoms with Crippen LogP contribution < -0.4 is 14.8 Å². The molecule has 1 saturated heterocycles. The Balaban J connectivity index is 1.93. The Morgan fingerprint density at radius 1 is 1.24 bits per heavy atom. The normalized spacial score (nSPS) is 19.9. The fraction of sp³-hybridized carbons (Fsp3) is 0.0909. The first kappa shape index (κ1) is 10.2. The molecule has 1 fully saturated rings. The number of rotatable bonds is 1. The molecule has 0 aromatic heterocycles. The number of carbonyl (C=O) groups excluding carboxylic acids is 2. The fourth-order valence-electron chi connectivity index (χ4n) is 1.59. The smallest absolute Gasteiger partial charge is 0.291 e. The number of benzene rings is 1. The quantitative estimate of drug-likeness (QED) is 0.768. The molecule has 0 saturated carbocycles. The molecular weight excluding hydrogens is 242 g/mol. The van der Waals surface area contributed by atoms with E-state index in [1.807, 2.05) is 0 Å². The zero-order chi connectivity index (χ0) is 11.8. The maximum atomic E-state index is 11.4. The number of fused-ring (bicyclic) bond motifs is 1. The fourth-order valence-corrected chi connectivity index (χ4v) is 2.14. The minimum absolute atomic E-state index is 0.209. The Morgan fingerprint density at radius 3 is 2.82 bits per heavy atom. The van der Waals surface area contributed by atoms with Crippen LogP contribution in [-0.2, 0) is 4.79 Å². The lowest BCUT2D eigenvalue weighted by Crippen LogP contribution is -2.10. The Labute approximate surface area is 101 Å². The molecule has 1 aromatic carbocycles. The first-order valence-electron chi connectivity index (χ1n) is 4.87. The van der Waals surface area contributed by atoms with E-state index in [2.05, 4.69) is 5.32 Å². The molecule has 3 rings (SSSR count). The maximum Gasteiger partial charge on any atom is 0.291 e. The van der Waals surface area contributed by atoms with Gasteiger partial charge >= 0.3 is 0 Å². The summed E-state index contributed by atoms with van der Waals surface area (Å²) in [7, 11) is 0. The predicted octanol–water partition coefficient (Wildman–Crippen LogP) is 1.74. The van der Waals surface area contributed by atoms with Gasteiger partial charge in [0.15, 0.2) is 11.5 Å². The van der Waals surface area contributed by atoms with Crippen molar-refractivity contribution in [1.82, 2.24) is 5.32 Å². The molecule has 1 amide bonds. The third-order valence-electron chi connectivity index (χ3n) is 2.35. The number of nitrogens with one attached hydrogen (secondary N) is 1. The second kappa shape index (κ2) is 3.81. The van der Waals surface area contributed by atoms with Crippen molar-refractivity contribution in [3.05, 3.63) is 29.5 Å². The van der Waals surface area contributed by atoms with Crippen molar-refractivity contribution >= 4 is 28.2 Å². The van der Waals surface area contributed by atoms with Crippen LogP contribution in [-0.4, -0.2) is 17.1 Å². The third-order valence-corrected chi connectivity index (χ3v) is 3.04. The SMILES string of the molecule is O=C1N/C(=C\c2ccc3c(c2)OCO3)C(=O)S1. The van der Waals surface area contributed by atoms with Gasteiger partial charge in [-0.15, -0.1) is 0 Å². The van der Waals surface area contributed by atoms with Crippen molar-refractivity contribution in [1.29, 1.82) is 0 Å². The van der Waals surface area contributed by atoms with Gasteiger partial charge in [0.25, 0.3) is 5.24 Å². The molecule has 2 heterocycles. The lowest BCUT2D eigenvalue weighted by molar-refractivity contribution is -0.107. The van der Waals surface area contributed by atoms with Crippen molar-refractivity contribution < 1.29 is 19.1 Å². The maximum absolute atomic E-state index is 11.4. The molecule has 6 heteroatoms. The first-order valence-corrected chi connectivity index (χ1v) is 5.68. The largest absolute Gasteiger partial charge is 0.454 e. The van der Waals surface area contributed by atoms with E-state index in [1.54, 1.807) is 24.3 Å². The number of ether oxygens (including phenoxy) is 2. The summed E-state index contributed by atoms with van der Waals surface area (Å²) >= 11 is 0.660. The highest BCUT2D eigenvalue weighted by atomic mass is 32.2. The zero-order valence-corrected chi connectivity index (χ0v) is 9.37. The van der Waals surface area contributed by atoms with E-state index in [0.29, 0.717) is 29.0 Å². The summed E-state index contributed by atoms with van der Waals surface area (Å²) in [6.45, 7) is 0.209. The molecule has 0 unspecified atom stereocenters. The van der Waals surface area contributed by atoms with Crippen LogP contribution in [0.1, 0.15) is 5.56 Å². The van der Waals surface area contributed by atoms with Crippen LogP contribution in [0.15, 0.2) is 23.9 Å². The summed E-state index contributed by atoms with van der Waals surface area (Å²) in [6.07, 6.45) is 1.61. The Kier molecular flexibility index (Phi) is 2.29. The van der Waals surface area contributed by atoms with Gasteiger partial charge < -0.3 is 14.8 Å². The Hall–Kier alpha value is -1.95. The molecule has 2 aliphatic rings. The van der Waals surface area contributed by atoms with E-state index < -0.39 is 0 Å². The van der Waals surface area contributed by atoms with Crippen LogP contribution in [0.3, 0.4) is 0 Å². The van der Waals surface area contributed by atoms with Crippen LogP contribution in [0.4, 0.5) is 4.79 Å². The molecule has 0 atom stereocenters. The Morgan fingerprint density at radius 2 is 2.06 bits per heavy atom. The number of thioether (sulfide) groups is 1. The van der Waals surface area contributed by atoms with E-state index in [9.17, 15) is 9.59 Å². The van der Waals surface area contributed by atoms with E-state index in [0.717, 1.165) is 5.56 Å². The van der Waals surface area contributed by atoms with E-state index in [4.69, 9.17) is 9.47 Å². The van der Waals surface area contributed by atoms with Gasteiger partial charge in [-0.2, -0.15) is 0 Å². The standard InChI is InChI=1S/C11H7NO4S/c13-10-7(12-11(14)17-10)3-6-1-2-8-9(4-6)16-5-15-8/h1-4H,5H2,(H,12,14)/b7-3-. The molecule has 0 bridgehead atoms. The zero-order valence-electron chi connectivity index (χ0n) is 8.56. The average Bonchev–Trinajstić information content (AvgIpc) is 2.85. The minimum atomic E-state index is -0.345. The number of carbonyl (C=O) groups is 2. The molecule has 1 aromatic rings.